The summed E-state index contributed by atoms with van der Waals surface area (Å²) in [5, 5.41) is 3.67. The van der Waals surface area contributed by atoms with Crippen LogP contribution in [0.15, 0.2) is 48.5 Å². The van der Waals surface area contributed by atoms with E-state index in [1.807, 2.05) is 6.07 Å². The lowest BCUT2D eigenvalue weighted by Crippen LogP contribution is -2.26. The second kappa shape index (κ2) is 6.31. The Kier molecular flexibility index (Phi) is 4.26. The van der Waals surface area contributed by atoms with E-state index in [-0.39, 0.29) is 0 Å². The highest BCUT2D eigenvalue weighted by Crippen LogP contribution is 2.38. The Bertz CT molecular complexity index is 608. The van der Waals surface area contributed by atoms with E-state index < -0.39 is 0 Å². The van der Waals surface area contributed by atoms with Crippen LogP contribution >= 0.6 is 0 Å². The minimum Gasteiger partial charge on any atom is -0.497 e. The predicted molar refractivity (Wildman–Crippen MR) is 86.8 cm³/mol. The van der Waals surface area contributed by atoms with Crippen LogP contribution in [0, 0.1) is 5.92 Å². The molecule has 1 N–H and O–H groups in total. The molecule has 2 heteroatoms. The Morgan fingerprint density at radius 3 is 2.81 bits per heavy atom. The number of hydrogen-bond donors (Lipinski definition) is 1. The molecule has 2 atom stereocenters. The number of methoxy groups -OCH3 is 1. The Morgan fingerprint density at radius 2 is 2.00 bits per heavy atom. The third kappa shape index (κ3) is 2.96. The fourth-order valence-electron chi connectivity index (χ4n) is 3.47. The molecular weight excluding hydrogens is 258 g/mol. The average molecular weight is 281 g/mol. The van der Waals surface area contributed by atoms with Gasteiger partial charge in [-0.25, -0.2) is 0 Å². The van der Waals surface area contributed by atoms with E-state index in [0.29, 0.717) is 12.0 Å². The van der Waals surface area contributed by atoms with Gasteiger partial charge in [-0.2, -0.15) is 0 Å². The summed E-state index contributed by atoms with van der Waals surface area (Å²) in [4.78, 5) is 0. The van der Waals surface area contributed by atoms with Gasteiger partial charge < -0.3 is 10.1 Å². The van der Waals surface area contributed by atoms with Crippen molar-refractivity contribution in [3.63, 3.8) is 0 Å². The molecule has 0 saturated heterocycles. The van der Waals surface area contributed by atoms with Gasteiger partial charge in [0.1, 0.15) is 5.75 Å². The van der Waals surface area contributed by atoms with Crippen LogP contribution in [0.4, 0.5) is 0 Å². The highest BCUT2D eigenvalue weighted by atomic mass is 16.5. The van der Waals surface area contributed by atoms with Crippen molar-refractivity contribution in [1.29, 1.82) is 0 Å². The summed E-state index contributed by atoms with van der Waals surface area (Å²) in [6, 6.07) is 17.8. The second-order valence-electron chi connectivity index (χ2n) is 5.75. The first-order chi connectivity index (χ1) is 10.3. The van der Waals surface area contributed by atoms with Crippen molar-refractivity contribution in [2.24, 2.45) is 5.92 Å². The maximum Gasteiger partial charge on any atom is 0.119 e. The average Bonchev–Trinajstić information content (AvgIpc) is 2.86. The topological polar surface area (TPSA) is 21.3 Å². The van der Waals surface area contributed by atoms with Gasteiger partial charge >= 0.3 is 0 Å². The molecule has 0 radical (unpaired) electrons. The van der Waals surface area contributed by atoms with Crippen molar-refractivity contribution in [2.75, 3.05) is 13.7 Å². The molecule has 110 valence electrons. The molecule has 0 saturated carbocycles. The molecule has 0 amide bonds. The zero-order valence-electron chi connectivity index (χ0n) is 12.8. The Balaban J connectivity index is 1.82. The SMILES string of the molecule is CCNC1c2ccccc2CC1Cc1cccc(OC)c1. The fourth-order valence-corrected chi connectivity index (χ4v) is 3.47. The number of benzene rings is 2. The van der Waals surface area contributed by atoms with Gasteiger partial charge in [0.2, 0.25) is 0 Å². The largest absolute Gasteiger partial charge is 0.497 e. The van der Waals surface area contributed by atoms with Crippen molar-refractivity contribution in [3.05, 3.63) is 65.2 Å². The third-order valence-electron chi connectivity index (χ3n) is 4.40. The van der Waals surface area contributed by atoms with Gasteiger partial charge in [-0.3, -0.25) is 0 Å². The van der Waals surface area contributed by atoms with Crippen LogP contribution in [0.3, 0.4) is 0 Å². The lowest BCUT2D eigenvalue weighted by atomic mass is 9.92. The molecule has 0 bridgehead atoms. The molecule has 0 fully saturated rings. The highest BCUT2D eigenvalue weighted by molar-refractivity contribution is 5.37. The monoisotopic (exact) mass is 281 g/mol. The van der Waals surface area contributed by atoms with Crippen molar-refractivity contribution in [1.82, 2.24) is 5.32 Å². The smallest absolute Gasteiger partial charge is 0.119 e. The van der Waals surface area contributed by atoms with Crippen LogP contribution < -0.4 is 10.1 Å². The normalized spacial score (nSPS) is 20.3. The minimum atomic E-state index is 0.470. The molecule has 0 spiro atoms. The standard InChI is InChI=1S/C19H23NO/c1-3-20-19-16(13-15-8-4-5-10-18(15)19)11-14-7-6-9-17(12-14)21-2/h4-10,12,16,19-20H,3,11,13H2,1-2H3. The van der Waals surface area contributed by atoms with Crippen molar-refractivity contribution in [2.45, 2.75) is 25.8 Å². The summed E-state index contributed by atoms with van der Waals surface area (Å²) in [5.41, 5.74) is 4.33. The maximum absolute atomic E-state index is 5.34. The zero-order valence-corrected chi connectivity index (χ0v) is 12.8. The zero-order chi connectivity index (χ0) is 14.7. The van der Waals surface area contributed by atoms with Crippen molar-refractivity contribution >= 4 is 0 Å². The molecule has 2 nitrogen and oxygen atoms in total. The first-order valence-electron chi connectivity index (χ1n) is 7.76. The molecule has 0 aromatic heterocycles. The number of rotatable bonds is 5. The number of nitrogens with one attached hydrogen (secondary N) is 1. The number of fused-ring (bicyclic) bond motifs is 1. The van der Waals surface area contributed by atoms with Gasteiger partial charge in [-0.15, -0.1) is 0 Å². The van der Waals surface area contributed by atoms with E-state index in [0.717, 1.165) is 25.1 Å². The third-order valence-corrected chi connectivity index (χ3v) is 4.40. The van der Waals surface area contributed by atoms with E-state index in [1.165, 1.54) is 16.7 Å². The highest BCUT2D eigenvalue weighted by Gasteiger charge is 2.31. The van der Waals surface area contributed by atoms with E-state index in [9.17, 15) is 0 Å². The Labute approximate surface area is 127 Å². The number of ether oxygens (including phenoxy) is 1. The molecule has 1 aliphatic carbocycles. The minimum absolute atomic E-state index is 0.470. The van der Waals surface area contributed by atoms with Crippen LogP contribution in [-0.4, -0.2) is 13.7 Å². The summed E-state index contributed by atoms with van der Waals surface area (Å²) in [7, 11) is 1.73. The van der Waals surface area contributed by atoms with Gasteiger partial charge in [-0.1, -0.05) is 43.3 Å². The Hall–Kier alpha value is -1.80. The molecule has 2 aromatic carbocycles. The first-order valence-corrected chi connectivity index (χ1v) is 7.76. The predicted octanol–water partition coefficient (Wildman–Crippen LogP) is 3.76. The van der Waals surface area contributed by atoms with Crippen molar-refractivity contribution in [3.8, 4) is 5.75 Å². The fraction of sp³-hybridized carbons (Fsp3) is 0.368. The molecule has 2 aromatic rings. The van der Waals surface area contributed by atoms with Crippen LogP contribution in [0.25, 0.3) is 0 Å². The quantitative estimate of drug-likeness (QED) is 0.901. The molecular formula is C19H23NO. The summed E-state index contributed by atoms with van der Waals surface area (Å²) >= 11 is 0. The number of hydrogen-bond acceptors (Lipinski definition) is 2. The molecule has 2 unspecified atom stereocenters. The van der Waals surface area contributed by atoms with Gasteiger partial charge in [-0.05, 0) is 54.1 Å². The lowest BCUT2D eigenvalue weighted by molar-refractivity contribution is 0.391. The van der Waals surface area contributed by atoms with E-state index >= 15 is 0 Å². The van der Waals surface area contributed by atoms with E-state index in [1.54, 1.807) is 7.11 Å². The molecule has 1 aliphatic rings. The van der Waals surface area contributed by atoms with E-state index in [4.69, 9.17) is 4.74 Å². The van der Waals surface area contributed by atoms with Gasteiger partial charge in [0.15, 0.2) is 0 Å². The van der Waals surface area contributed by atoms with Crippen LogP contribution in [0.2, 0.25) is 0 Å². The summed E-state index contributed by atoms with van der Waals surface area (Å²) in [5.74, 6) is 1.57. The molecule has 0 heterocycles. The van der Waals surface area contributed by atoms with Crippen molar-refractivity contribution < 1.29 is 4.74 Å². The maximum atomic E-state index is 5.34. The van der Waals surface area contributed by atoms with E-state index in [2.05, 4.69) is 54.7 Å². The van der Waals surface area contributed by atoms with Gasteiger partial charge in [0, 0.05) is 6.04 Å². The van der Waals surface area contributed by atoms with Gasteiger partial charge in [0.05, 0.1) is 7.11 Å². The van der Waals surface area contributed by atoms with Gasteiger partial charge in [0.25, 0.3) is 0 Å². The molecule has 0 aliphatic heterocycles. The Morgan fingerprint density at radius 1 is 1.14 bits per heavy atom. The summed E-state index contributed by atoms with van der Waals surface area (Å²) in [6.07, 6.45) is 2.24. The lowest BCUT2D eigenvalue weighted by Gasteiger charge is -2.21. The van der Waals surface area contributed by atoms with Crippen LogP contribution in [-0.2, 0) is 12.8 Å². The second-order valence-corrected chi connectivity index (χ2v) is 5.75. The molecule has 21 heavy (non-hydrogen) atoms. The summed E-state index contributed by atoms with van der Waals surface area (Å²) in [6.45, 7) is 3.19. The van der Waals surface area contributed by atoms with Crippen LogP contribution in [0.5, 0.6) is 5.75 Å². The first kappa shape index (κ1) is 14.2. The molecule has 3 rings (SSSR count). The summed E-state index contributed by atoms with van der Waals surface area (Å²) < 4.78 is 5.34. The van der Waals surface area contributed by atoms with Crippen LogP contribution in [0.1, 0.15) is 29.7 Å².